The summed E-state index contributed by atoms with van der Waals surface area (Å²) in [5.74, 6) is 0.948. The van der Waals surface area contributed by atoms with Crippen LogP contribution in [0.3, 0.4) is 0 Å². The van der Waals surface area contributed by atoms with Gasteiger partial charge in [0.15, 0.2) is 0 Å². The van der Waals surface area contributed by atoms with Gasteiger partial charge >= 0.3 is 0 Å². The number of H-pyrrole nitrogens is 1. The third kappa shape index (κ3) is 2.37. The molecule has 0 spiro atoms. The second kappa shape index (κ2) is 4.80. The second-order valence-corrected chi connectivity index (χ2v) is 4.90. The minimum Gasteiger partial charge on any atom is -0.368 e. The van der Waals surface area contributed by atoms with Crippen molar-refractivity contribution in [3.05, 3.63) is 22.2 Å². The third-order valence-corrected chi connectivity index (χ3v) is 3.17. The standard InChI is InChI=1S/C12H18N4O2/c1-7(2)12-14-9(6-10(17)15-12)16-5-3-4-8(16)11(13)18/h6-8H,3-5H2,1-2H3,(H2,13,18)(H,14,15,17). The van der Waals surface area contributed by atoms with E-state index in [1.165, 1.54) is 6.07 Å². The van der Waals surface area contributed by atoms with Crippen LogP contribution in [0.1, 0.15) is 38.4 Å². The van der Waals surface area contributed by atoms with Gasteiger partial charge in [-0.05, 0) is 12.8 Å². The molecule has 1 atom stereocenters. The number of nitrogens with one attached hydrogen (secondary N) is 1. The molecule has 1 aliphatic heterocycles. The Labute approximate surface area is 105 Å². The van der Waals surface area contributed by atoms with Gasteiger partial charge in [0, 0.05) is 18.5 Å². The lowest BCUT2D eigenvalue weighted by Gasteiger charge is -2.23. The zero-order valence-electron chi connectivity index (χ0n) is 10.6. The highest BCUT2D eigenvalue weighted by Crippen LogP contribution is 2.23. The lowest BCUT2D eigenvalue weighted by molar-refractivity contribution is -0.119. The highest BCUT2D eigenvalue weighted by atomic mass is 16.1. The van der Waals surface area contributed by atoms with E-state index in [0.29, 0.717) is 18.2 Å². The number of nitrogens with zero attached hydrogens (tertiary/aromatic N) is 2. The highest BCUT2D eigenvalue weighted by molar-refractivity contribution is 5.83. The van der Waals surface area contributed by atoms with Gasteiger partial charge in [-0.2, -0.15) is 0 Å². The molecule has 0 aliphatic carbocycles. The number of hydrogen-bond acceptors (Lipinski definition) is 4. The SMILES string of the molecule is CC(C)c1nc(N2CCCC2C(N)=O)cc(=O)[nH]1. The summed E-state index contributed by atoms with van der Waals surface area (Å²) in [6.45, 7) is 4.62. The number of nitrogens with two attached hydrogens (primary N) is 1. The number of rotatable bonds is 3. The van der Waals surface area contributed by atoms with E-state index in [2.05, 4.69) is 9.97 Å². The first kappa shape index (κ1) is 12.6. The van der Waals surface area contributed by atoms with Crippen LogP contribution >= 0.6 is 0 Å². The fraction of sp³-hybridized carbons (Fsp3) is 0.583. The first-order valence-corrected chi connectivity index (χ1v) is 6.16. The number of hydrogen-bond donors (Lipinski definition) is 2. The van der Waals surface area contributed by atoms with E-state index in [0.717, 1.165) is 12.8 Å². The van der Waals surface area contributed by atoms with Gasteiger partial charge in [0.05, 0.1) is 0 Å². The molecule has 1 aliphatic rings. The van der Waals surface area contributed by atoms with E-state index in [9.17, 15) is 9.59 Å². The molecule has 0 radical (unpaired) electrons. The Morgan fingerprint density at radius 1 is 1.61 bits per heavy atom. The number of carbonyl (C=O) groups excluding carboxylic acids is 1. The predicted molar refractivity (Wildman–Crippen MR) is 68.5 cm³/mol. The molecule has 0 bridgehead atoms. The molecule has 1 amide bonds. The van der Waals surface area contributed by atoms with Crippen LogP contribution in [-0.4, -0.2) is 28.5 Å². The van der Waals surface area contributed by atoms with E-state index >= 15 is 0 Å². The average Bonchev–Trinajstić information content (AvgIpc) is 2.76. The summed E-state index contributed by atoms with van der Waals surface area (Å²) in [4.78, 5) is 31.9. The normalized spacial score (nSPS) is 19.5. The Balaban J connectivity index is 2.38. The second-order valence-electron chi connectivity index (χ2n) is 4.90. The summed E-state index contributed by atoms with van der Waals surface area (Å²) < 4.78 is 0. The minimum absolute atomic E-state index is 0.132. The van der Waals surface area contributed by atoms with Gasteiger partial charge in [-0.15, -0.1) is 0 Å². The van der Waals surface area contributed by atoms with Crippen molar-refractivity contribution >= 4 is 11.7 Å². The summed E-state index contributed by atoms with van der Waals surface area (Å²) in [5, 5.41) is 0. The van der Waals surface area contributed by atoms with E-state index in [1.54, 1.807) is 0 Å². The van der Waals surface area contributed by atoms with Crippen LogP contribution in [0.4, 0.5) is 5.82 Å². The van der Waals surface area contributed by atoms with Crippen LogP contribution in [0.5, 0.6) is 0 Å². The average molecular weight is 250 g/mol. The van der Waals surface area contributed by atoms with Crippen molar-refractivity contribution < 1.29 is 4.79 Å². The molecule has 6 heteroatoms. The van der Waals surface area contributed by atoms with Crippen molar-refractivity contribution in [1.29, 1.82) is 0 Å². The Morgan fingerprint density at radius 2 is 2.33 bits per heavy atom. The third-order valence-electron chi connectivity index (χ3n) is 3.17. The molecule has 2 heterocycles. The van der Waals surface area contributed by atoms with Crippen molar-refractivity contribution in [1.82, 2.24) is 9.97 Å². The van der Waals surface area contributed by atoms with Crippen LogP contribution < -0.4 is 16.2 Å². The van der Waals surface area contributed by atoms with E-state index in [1.807, 2.05) is 18.7 Å². The largest absolute Gasteiger partial charge is 0.368 e. The van der Waals surface area contributed by atoms with Crippen molar-refractivity contribution in [2.75, 3.05) is 11.4 Å². The van der Waals surface area contributed by atoms with Crippen LogP contribution in [0.25, 0.3) is 0 Å². The van der Waals surface area contributed by atoms with Gasteiger partial charge in [0.2, 0.25) is 5.91 Å². The minimum atomic E-state index is -0.360. The lowest BCUT2D eigenvalue weighted by atomic mass is 10.2. The Hall–Kier alpha value is -1.85. The fourth-order valence-electron chi connectivity index (χ4n) is 2.22. The predicted octanol–water partition coefficient (Wildman–Crippen LogP) is 0.347. The molecule has 3 N–H and O–H groups in total. The molecule has 1 aromatic rings. The van der Waals surface area contributed by atoms with Gasteiger partial charge in [0.25, 0.3) is 5.56 Å². The number of carbonyl (C=O) groups is 1. The van der Waals surface area contributed by atoms with Gasteiger partial charge < -0.3 is 15.6 Å². The number of aromatic amines is 1. The monoisotopic (exact) mass is 250 g/mol. The maximum atomic E-state index is 11.6. The Bertz CT molecular complexity index is 509. The summed E-state index contributed by atoms with van der Waals surface area (Å²) >= 11 is 0. The zero-order chi connectivity index (χ0) is 13.3. The van der Waals surface area contributed by atoms with Crippen molar-refractivity contribution in [2.45, 2.75) is 38.6 Å². The maximum Gasteiger partial charge on any atom is 0.252 e. The quantitative estimate of drug-likeness (QED) is 0.809. The summed E-state index contributed by atoms with van der Waals surface area (Å²) in [5.41, 5.74) is 5.17. The molecule has 0 saturated carbocycles. The van der Waals surface area contributed by atoms with Crippen LogP contribution in [0.15, 0.2) is 10.9 Å². The Morgan fingerprint density at radius 3 is 2.94 bits per heavy atom. The number of primary amides is 1. The van der Waals surface area contributed by atoms with Crippen molar-refractivity contribution in [2.24, 2.45) is 5.73 Å². The number of aromatic nitrogens is 2. The molecule has 18 heavy (non-hydrogen) atoms. The summed E-state index contributed by atoms with van der Waals surface area (Å²) in [7, 11) is 0. The summed E-state index contributed by atoms with van der Waals surface area (Å²) in [6, 6.07) is 1.08. The summed E-state index contributed by atoms with van der Waals surface area (Å²) in [6.07, 6.45) is 1.61. The molecule has 1 aromatic heterocycles. The zero-order valence-corrected chi connectivity index (χ0v) is 10.6. The number of anilines is 1. The van der Waals surface area contributed by atoms with Crippen molar-refractivity contribution in [3.63, 3.8) is 0 Å². The molecule has 0 aromatic carbocycles. The molecule has 6 nitrogen and oxygen atoms in total. The molecule has 1 saturated heterocycles. The topological polar surface area (TPSA) is 92.1 Å². The molecular formula is C12H18N4O2. The van der Waals surface area contributed by atoms with Crippen molar-refractivity contribution in [3.8, 4) is 0 Å². The van der Waals surface area contributed by atoms with Crippen LogP contribution in [0, 0.1) is 0 Å². The van der Waals surface area contributed by atoms with Gasteiger partial charge in [-0.3, -0.25) is 9.59 Å². The van der Waals surface area contributed by atoms with Crippen LogP contribution in [-0.2, 0) is 4.79 Å². The fourth-order valence-corrected chi connectivity index (χ4v) is 2.22. The maximum absolute atomic E-state index is 11.6. The van der Waals surface area contributed by atoms with Gasteiger partial charge in [-0.1, -0.05) is 13.8 Å². The molecular weight excluding hydrogens is 232 g/mol. The first-order valence-electron chi connectivity index (χ1n) is 6.16. The molecule has 2 rings (SSSR count). The highest BCUT2D eigenvalue weighted by Gasteiger charge is 2.30. The van der Waals surface area contributed by atoms with E-state index in [-0.39, 0.29) is 23.4 Å². The Kier molecular flexibility index (Phi) is 3.36. The first-order chi connectivity index (χ1) is 8.49. The van der Waals surface area contributed by atoms with Gasteiger partial charge in [-0.25, -0.2) is 4.98 Å². The van der Waals surface area contributed by atoms with E-state index < -0.39 is 0 Å². The molecule has 1 fully saturated rings. The molecule has 98 valence electrons. The molecule has 1 unspecified atom stereocenters. The van der Waals surface area contributed by atoms with E-state index in [4.69, 9.17) is 5.73 Å². The lowest BCUT2D eigenvalue weighted by Crippen LogP contribution is -2.41. The smallest absolute Gasteiger partial charge is 0.252 e. The van der Waals surface area contributed by atoms with Gasteiger partial charge in [0.1, 0.15) is 17.7 Å². The number of amides is 1. The van der Waals surface area contributed by atoms with Crippen LogP contribution in [0.2, 0.25) is 0 Å².